The van der Waals surface area contributed by atoms with Crippen LogP contribution in [-0.2, 0) is 5.75 Å². The first-order valence-electron chi connectivity index (χ1n) is 5.43. The van der Waals surface area contributed by atoms with Gasteiger partial charge in [-0.2, -0.15) is 13.2 Å². The second-order valence-electron chi connectivity index (χ2n) is 3.83. The van der Waals surface area contributed by atoms with Gasteiger partial charge < -0.3 is 5.73 Å². The molecule has 2 N–H and O–H groups in total. The van der Waals surface area contributed by atoms with Crippen LogP contribution in [0, 0.1) is 0 Å². The number of rotatable bonds is 5. The number of nitrogens with two attached hydrogens (primary N) is 1. The minimum Gasteiger partial charge on any atom is -0.326 e. The Morgan fingerprint density at radius 1 is 1.24 bits per heavy atom. The van der Waals surface area contributed by atoms with Crippen molar-refractivity contribution in [2.45, 2.75) is 36.6 Å². The predicted octanol–water partition coefficient (Wildman–Crippen LogP) is 3.59. The Hall–Kier alpha value is -0.680. The highest BCUT2D eigenvalue weighted by Crippen LogP contribution is 2.34. The molecule has 17 heavy (non-hydrogen) atoms. The first kappa shape index (κ1) is 14.4. The van der Waals surface area contributed by atoms with Crippen molar-refractivity contribution in [2.75, 3.05) is 0 Å². The van der Waals surface area contributed by atoms with Gasteiger partial charge >= 0.3 is 6.18 Å². The first-order valence-corrected chi connectivity index (χ1v) is 6.48. The summed E-state index contributed by atoms with van der Waals surface area (Å²) in [4.78, 5) is 0. The lowest BCUT2D eigenvalue weighted by Crippen LogP contribution is -2.42. The molecule has 0 bridgehead atoms. The van der Waals surface area contributed by atoms with Gasteiger partial charge in [-0.3, -0.25) is 0 Å². The normalized spacial score (nSPS) is 15.6. The topological polar surface area (TPSA) is 26.0 Å². The van der Waals surface area contributed by atoms with Gasteiger partial charge in [-0.15, -0.1) is 11.8 Å². The Bertz CT molecular complexity index is 326. The monoisotopic (exact) mass is 263 g/mol. The van der Waals surface area contributed by atoms with Gasteiger partial charge in [0.1, 0.15) is 5.25 Å². The van der Waals surface area contributed by atoms with E-state index >= 15 is 0 Å². The summed E-state index contributed by atoms with van der Waals surface area (Å²) in [6.45, 7) is 1.67. The first-order chi connectivity index (χ1) is 7.95. The van der Waals surface area contributed by atoms with Crippen LogP contribution in [0.1, 0.15) is 18.9 Å². The largest absolute Gasteiger partial charge is 0.402 e. The molecule has 0 saturated heterocycles. The fraction of sp³-hybridized carbons (Fsp3) is 0.500. The van der Waals surface area contributed by atoms with E-state index in [4.69, 9.17) is 5.73 Å². The molecule has 0 aromatic heterocycles. The van der Waals surface area contributed by atoms with E-state index in [1.807, 2.05) is 30.3 Å². The second-order valence-corrected chi connectivity index (χ2v) is 4.96. The number of hydrogen-bond acceptors (Lipinski definition) is 2. The molecule has 0 saturated carbocycles. The van der Waals surface area contributed by atoms with Gasteiger partial charge in [-0.1, -0.05) is 37.3 Å². The van der Waals surface area contributed by atoms with Gasteiger partial charge in [0, 0.05) is 11.8 Å². The molecule has 1 nitrogen and oxygen atoms in total. The van der Waals surface area contributed by atoms with Crippen LogP contribution in [0.15, 0.2) is 30.3 Å². The third kappa shape index (κ3) is 4.60. The summed E-state index contributed by atoms with van der Waals surface area (Å²) >= 11 is 0.864. The number of alkyl halides is 3. The van der Waals surface area contributed by atoms with Crippen molar-refractivity contribution < 1.29 is 13.2 Å². The smallest absolute Gasteiger partial charge is 0.326 e. The molecule has 1 aromatic rings. The lowest BCUT2D eigenvalue weighted by Gasteiger charge is -2.24. The van der Waals surface area contributed by atoms with Crippen molar-refractivity contribution in [3.05, 3.63) is 35.9 Å². The zero-order valence-corrected chi connectivity index (χ0v) is 10.4. The van der Waals surface area contributed by atoms with Crippen molar-refractivity contribution >= 4 is 11.8 Å². The molecular weight excluding hydrogens is 247 g/mol. The number of hydrogen-bond donors (Lipinski definition) is 1. The van der Waals surface area contributed by atoms with Gasteiger partial charge in [-0.25, -0.2) is 0 Å². The van der Waals surface area contributed by atoms with Crippen molar-refractivity contribution in [1.82, 2.24) is 0 Å². The average molecular weight is 263 g/mol. The second kappa shape index (κ2) is 6.31. The third-order valence-electron chi connectivity index (χ3n) is 2.46. The molecule has 0 aliphatic heterocycles. The minimum absolute atomic E-state index is 0.325. The highest BCUT2D eigenvalue weighted by Gasteiger charge is 2.43. The van der Waals surface area contributed by atoms with Crippen LogP contribution in [0.3, 0.4) is 0 Å². The summed E-state index contributed by atoms with van der Waals surface area (Å²) in [5.41, 5.74) is 6.41. The maximum Gasteiger partial charge on any atom is 0.402 e. The number of thioether (sulfide) groups is 1. The molecule has 0 amide bonds. The summed E-state index contributed by atoms with van der Waals surface area (Å²) in [7, 11) is 0. The fourth-order valence-corrected chi connectivity index (χ4v) is 2.63. The van der Waals surface area contributed by atoms with Crippen LogP contribution in [0.5, 0.6) is 0 Å². The molecule has 0 aliphatic carbocycles. The van der Waals surface area contributed by atoms with E-state index < -0.39 is 17.5 Å². The molecule has 0 radical (unpaired) electrons. The van der Waals surface area contributed by atoms with Crippen molar-refractivity contribution in [3.8, 4) is 0 Å². The highest BCUT2D eigenvalue weighted by molar-refractivity contribution is 7.99. The van der Waals surface area contributed by atoms with Crippen LogP contribution in [0.4, 0.5) is 13.2 Å². The van der Waals surface area contributed by atoms with E-state index in [0.29, 0.717) is 12.2 Å². The molecule has 5 heteroatoms. The van der Waals surface area contributed by atoms with E-state index in [1.165, 1.54) is 0 Å². The molecule has 96 valence electrons. The highest BCUT2D eigenvalue weighted by atomic mass is 32.2. The van der Waals surface area contributed by atoms with Crippen LogP contribution in [0.2, 0.25) is 0 Å². The summed E-state index contributed by atoms with van der Waals surface area (Å²) in [6, 6.07) is 8.27. The summed E-state index contributed by atoms with van der Waals surface area (Å²) < 4.78 is 38.3. The molecular formula is C12H16F3NS. The van der Waals surface area contributed by atoms with E-state index in [1.54, 1.807) is 6.92 Å². The molecule has 2 unspecified atom stereocenters. The molecule has 0 spiro atoms. The lowest BCUT2D eigenvalue weighted by molar-refractivity contribution is -0.132. The summed E-state index contributed by atoms with van der Waals surface area (Å²) in [5.74, 6) is 0.332. The Morgan fingerprint density at radius 2 is 1.82 bits per heavy atom. The maximum absolute atomic E-state index is 12.8. The fourth-order valence-electron chi connectivity index (χ4n) is 1.44. The Balaban J connectivity index is 2.62. The maximum atomic E-state index is 12.8. The summed E-state index contributed by atoms with van der Waals surface area (Å²) in [5, 5.41) is -1.49. The van der Waals surface area contributed by atoms with Gasteiger partial charge in [0.15, 0.2) is 0 Å². The zero-order valence-electron chi connectivity index (χ0n) is 9.58. The predicted molar refractivity (Wildman–Crippen MR) is 65.8 cm³/mol. The third-order valence-corrected chi connectivity index (χ3v) is 3.93. The van der Waals surface area contributed by atoms with Crippen LogP contribution >= 0.6 is 11.8 Å². The lowest BCUT2D eigenvalue weighted by atomic mass is 10.1. The Morgan fingerprint density at radius 3 is 2.29 bits per heavy atom. The quantitative estimate of drug-likeness (QED) is 0.878. The van der Waals surface area contributed by atoms with E-state index in [9.17, 15) is 13.2 Å². The Labute approximate surface area is 104 Å². The SMILES string of the molecule is CCC(N)C(SCc1ccccc1)C(F)(F)F. The summed E-state index contributed by atoms with van der Waals surface area (Å²) in [6.07, 6.45) is -3.92. The van der Waals surface area contributed by atoms with E-state index in [-0.39, 0.29) is 0 Å². The minimum atomic E-state index is -4.24. The molecule has 0 heterocycles. The van der Waals surface area contributed by atoms with Crippen LogP contribution < -0.4 is 5.73 Å². The van der Waals surface area contributed by atoms with Crippen LogP contribution in [-0.4, -0.2) is 17.5 Å². The van der Waals surface area contributed by atoms with Gasteiger partial charge in [0.05, 0.1) is 0 Å². The van der Waals surface area contributed by atoms with Gasteiger partial charge in [-0.05, 0) is 12.0 Å². The molecule has 0 fully saturated rings. The van der Waals surface area contributed by atoms with Gasteiger partial charge in [0.2, 0.25) is 0 Å². The van der Waals surface area contributed by atoms with E-state index in [2.05, 4.69) is 0 Å². The molecule has 2 atom stereocenters. The van der Waals surface area contributed by atoms with Crippen molar-refractivity contribution in [1.29, 1.82) is 0 Å². The number of halogens is 3. The van der Waals surface area contributed by atoms with Crippen molar-refractivity contribution in [2.24, 2.45) is 5.73 Å². The average Bonchev–Trinajstić information content (AvgIpc) is 2.28. The number of benzene rings is 1. The molecule has 0 aliphatic rings. The van der Waals surface area contributed by atoms with Crippen molar-refractivity contribution in [3.63, 3.8) is 0 Å². The molecule has 1 rings (SSSR count). The molecule has 1 aromatic carbocycles. The Kier molecular flexibility index (Phi) is 5.33. The standard InChI is InChI=1S/C12H16F3NS/c1-2-10(16)11(12(13,14)15)17-8-9-6-4-3-5-7-9/h3-7,10-11H,2,8,16H2,1H3. The van der Waals surface area contributed by atoms with Crippen LogP contribution in [0.25, 0.3) is 0 Å². The van der Waals surface area contributed by atoms with Gasteiger partial charge in [0.25, 0.3) is 0 Å². The van der Waals surface area contributed by atoms with E-state index in [0.717, 1.165) is 17.3 Å². The zero-order chi connectivity index (χ0) is 12.9.